The number of anilines is 3. The molecule has 5 aromatic rings. The SMILES string of the molecule is Cc1ccc2c3c(cccc13)-c1cc(N(c3ccccc3)c3ccccc3)ccc1-2. The highest BCUT2D eigenvalue weighted by Gasteiger charge is 2.23. The van der Waals surface area contributed by atoms with E-state index in [1.165, 1.54) is 44.3 Å². The van der Waals surface area contributed by atoms with Crippen LogP contribution in [0.1, 0.15) is 5.56 Å². The van der Waals surface area contributed by atoms with Crippen molar-refractivity contribution in [2.75, 3.05) is 4.90 Å². The second-order valence-corrected chi connectivity index (χ2v) is 7.89. The van der Waals surface area contributed by atoms with Gasteiger partial charge in [0, 0.05) is 17.1 Å². The van der Waals surface area contributed by atoms with Crippen LogP contribution in [0.25, 0.3) is 33.0 Å². The molecular weight excluding hydrogens is 362 g/mol. The third-order valence-electron chi connectivity index (χ3n) is 6.13. The maximum Gasteiger partial charge on any atom is 0.0468 e. The molecule has 0 heterocycles. The fourth-order valence-electron chi connectivity index (χ4n) is 4.73. The van der Waals surface area contributed by atoms with Crippen LogP contribution in [0.5, 0.6) is 0 Å². The molecule has 0 atom stereocenters. The van der Waals surface area contributed by atoms with E-state index in [1.54, 1.807) is 0 Å². The highest BCUT2D eigenvalue weighted by Crippen LogP contribution is 2.49. The number of rotatable bonds is 3. The minimum absolute atomic E-state index is 1.16. The van der Waals surface area contributed by atoms with Crippen molar-refractivity contribution < 1.29 is 0 Å². The van der Waals surface area contributed by atoms with Crippen molar-refractivity contribution >= 4 is 27.8 Å². The zero-order chi connectivity index (χ0) is 20.1. The molecule has 0 aromatic heterocycles. The van der Waals surface area contributed by atoms with Gasteiger partial charge in [0.1, 0.15) is 0 Å². The first-order valence-electron chi connectivity index (χ1n) is 10.4. The third kappa shape index (κ3) is 2.49. The summed E-state index contributed by atoms with van der Waals surface area (Å²) in [6.07, 6.45) is 0. The Kier molecular flexibility index (Phi) is 3.75. The molecule has 0 amide bonds. The van der Waals surface area contributed by atoms with Crippen LogP contribution in [0, 0.1) is 6.92 Å². The van der Waals surface area contributed by atoms with Crippen LogP contribution in [-0.2, 0) is 0 Å². The van der Waals surface area contributed by atoms with Gasteiger partial charge in [-0.1, -0.05) is 72.8 Å². The van der Waals surface area contributed by atoms with E-state index >= 15 is 0 Å². The number of para-hydroxylation sites is 2. The maximum atomic E-state index is 2.35. The number of fused-ring (bicyclic) bond motifs is 3. The van der Waals surface area contributed by atoms with Gasteiger partial charge in [0.2, 0.25) is 0 Å². The van der Waals surface area contributed by atoms with E-state index in [2.05, 4.69) is 121 Å². The number of aryl methyl sites for hydroxylation is 1. The van der Waals surface area contributed by atoms with Crippen molar-refractivity contribution in [2.45, 2.75) is 6.92 Å². The van der Waals surface area contributed by atoms with E-state index in [0.717, 1.165) is 11.4 Å². The largest absolute Gasteiger partial charge is 0.310 e. The zero-order valence-corrected chi connectivity index (χ0v) is 16.8. The summed E-state index contributed by atoms with van der Waals surface area (Å²) in [5.74, 6) is 0. The lowest BCUT2D eigenvalue weighted by Gasteiger charge is -2.26. The number of nitrogens with zero attached hydrogens (tertiary/aromatic N) is 1. The van der Waals surface area contributed by atoms with E-state index in [-0.39, 0.29) is 0 Å². The summed E-state index contributed by atoms with van der Waals surface area (Å²) < 4.78 is 0. The second kappa shape index (κ2) is 6.60. The van der Waals surface area contributed by atoms with Gasteiger partial charge in [-0.25, -0.2) is 0 Å². The van der Waals surface area contributed by atoms with Gasteiger partial charge in [0.05, 0.1) is 0 Å². The summed E-state index contributed by atoms with van der Waals surface area (Å²) in [5.41, 5.74) is 10.2. The van der Waals surface area contributed by atoms with Crippen LogP contribution in [-0.4, -0.2) is 0 Å². The summed E-state index contributed by atoms with van der Waals surface area (Å²) in [4.78, 5) is 2.33. The Hall–Kier alpha value is -3.84. The summed E-state index contributed by atoms with van der Waals surface area (Å²) >= 11 is 0. The van der Waals surface area contributed by atoms with Crippen LogP contribution in [0.3, 0.4) is 0 Å². The quantitative estimate of drug-likeness (QED) is 0.297. The van der Waals surface area contributed by atoms with Crippen molar-refractivity contribution in [1.29, 1.82) is 0 Å². The first-order chi connectivity index (χ1) is 14.8. The molecule has 0 fully saturated rings. The third-order valence-corrected chi connectivity index (χ3v) is 6.13. The predicted octanol–water partition coefficient (Wildman–Crippen LogP) is 8.27. The van der Waals surface area contributed by atoms with E-state index in [9.17, 15) is 0 Å². The Bertz CT molecular complexity index is 1350. The Balaban J connectivity index is 1.58. The summed E-state index contributed by atoms with van der Waals surface area (Å²) in [7, 11) is 0. The van der Waals surface area contributed by atoms with Crippen LogP contribution in [0.4, 0.5) is 17.1 Å². The lowest BCUT2D eigenvalue weighted by Crippen LogP contribution is -2.09. The molecule has 0 spiro atoms. The number of hydrogen-bond donors (Lipinski definition) is 0. The highest BCUT2D eigenvalue weighted by molar-refractivity contribution is 6.16. The van der Waals surface area contributed by atoms with Crippen LogP contribution < -0.4 is 4.90 Å². The van der Waals surface area contributed by atoms with E-state index in [0.29, 0.717) is 0 Å². The van der Waals surface area contributed by atoms with Gasteiger partial charge in [-0.2, -0.15) is 0 Å². The molecular formula is C29H21N. The molecule has 0 bridgehead atoms. The van der Waals surface area contributed by atoms with Gasteiger partial charge in [0.15, 0.2) is 0 Å². The monoisotopic (exact) mass is 383 g/mol. The lowest BCUT2D eigenvalue weighted by atomic mass is 9.99. The molecule has 0 N–H and O–H groups in total. The molecule has 0 saturated heterocycles. The van der Waals surface area contributed by atoms with Gasteiger partial charge in [-0.15, -0.1) is 0 Å². The Labute approximate surface area is 176 Å². The minimum atomic E-state index is 1.16. The predicted molar refractivity (Wildman–Crippen MR) is 128 cm³/mol. The lowest BCUT2D eigenvalue weighted by molar-refractivity contribution is 1.28. The van der Waals surface area contributed by atoms with Gasteiger partial charge in [-0.05, 0) is 81.9 Å². The first-order valence-corrected chi connectivity index (χ1v) is 10.4. The van der Waals surface area contributed by atoms with Crippen LogP contribution in [0.15, 0.2) is 109 Å². The first kappa shape index (κ1) is 17.1. The van der Waals surface area contributed by atoms with E-state index in [4.69, 9.17) is 0 Å². The van der Waals surface area contributed by atoms with Gasteiger partial charge in [-0.3, -0.25) is 0 Å². The van der Waals surface area contributed by atoms with Crippen LogP contribution in [0.2, 0.25) is 0 Å². The molecule has 5 aromatic carbocycles. The van der Waals surface area contributed by atoms with Crippen molar-refractivity contribution in [3.8, 4) is 22.3 Å². The maximum absolute atomic E-state index is 2.35. The number of hydrogen-bond acceptors (Lipinski definition) is 1. The van der Waals surface area contributed by atoms with Gasteiger partial charge in [0.25, 0.3) is 0 Å². The fraction of sp³-hybridized carbons (Fsp3) is 0.0345. The van der Waals surface area contributed by atoms with E-state index < -0.39 is 0 Å². The summed E-state index contributed by atoms with van der Waals surface area (Å²) in [6.45, 7) is 2.20. The van der Waals surface area contributed by atoms with Crippen molar-refractivity contribution in [1.82, 2.24) is 0 Å². The van der Waals surface area contributed by atoms with E-state index in [1.807, 2.05) is 0 Å². The standard InChI is InChI=1S/C29H21N/c1-20-15-17-27-25-18-16-23(19-28(25)26-14-8-13-24(20)29(26)27)30(21-9-4-2-5-10-21)22-11-6-3-7-12-22/h2-19H,1H3. The molecule has 0 saturated carbocycles. The van der Waals surface area contributed by atoms with Crippen molar-refractivity contribution in [3.63, 3.8) is 0 Å². The van der Waals surface area contributed by atoms with Crippen LogP contribution >= 0.6 is 0 Å². The Morgan fingerprint density at radius 3 is 1.80 bits per heavy atom. The molecule has 142 valence electrons. The average molecular weight is 383 g/mol. The smallest absolute Gasteiger partial charge is 0.0468 e. The molecule has 30 heavy (non-hydrogen) atoms. The minimum Gasteiger partial charge on any atom is -0.310 e. The molecule has 1 heteroatoms. The average Bonchev–Trinajstić information content (AvgIpc) is 3.12. The highest BCUT2D eigenvalue weighted by atomic mass is 15.1. The zero-order valence-electron chi connectivity index (χ0n) is 16.8. The summed E-state index contributed by atoms with van der Waals surface area (Å²) in [6, 6.07) is 39.3. The Morgan fingerprint density at radius 1 is 0.467 bits per heavy atom. The second-order valence-electron chi connectivity index (χ2n) is 7.89. The van der Waals surface area contributed by atoms with Crippen molar-refractivity contribution in [2.24, 2.45) is 0 Å². The molecule has 0 aliphatic heterocycles. The van der Waals surface area contributed by atoms with Gasteiger partial charge < -0.3 is 4.90 Å². The molecule has 0 radical (unpaired) electrons. The fourth-order valence-corrected chi connectivity index (χ4v) is 4.73. The normalized spacial score (nSPS) is 11.5. The van der Waals surface area contributed by atoms with Gasteiger partial charge >= 0.3 is 0 Å². The molecule has 6 rings (SSSR count). The molecule has 1 aliphatic rings. The molecule has 1 aliphatic carbocycles. The Morgan fingerprint density at radius 2 is 1.10 bits per heavy atom. The molecule has 0 unspecified atom stereocenters. The van der Waals surface area contributed by atoms with Crippen molar-refractivity contribution in [3.05, 3.63) is 115 Å². The molecule has 1 nitrogen and oxygen atoms in total. The summed E-state index contributed by atoms with van der Waals surface area (Å²) in [5, 5.41) is 2.74. The topological polar surface area (TPSA) is 3.24 Å². The number of benzene rings is 5.